The fourth-order valence-corrected chi connectivity index (χ4v) is 6.65. The van der Waals surface area contributed by atoms with E-state index in [-0.39, 0.29) is 28.0 Å². The van der Waals surface area contributed by atoms with E-state index in [0.717, 1.165) is 17.8 Å². The van der Waals surface area contributed by atoms with Crippen LogP contribution in [0.3, 0.4) is 0 Å². The van der Waals surface area contributed by atoms with Crippen molar-refractivity contribution < 1.29 is 29.1 Å². The Hall–Kier alpha value is -3.51. The number of thioether (sulfide) groups is 2. The molecule has 18 heteroatoms. The molecule has 3 N–H and O–H groups in total. The fraction of sp³-hybridized carbons (Fsp3) is 0.421. The van der Waals surface area contributed by atoms with Crippen LogP contribution in [0.4, 0.5) is 5.13 Å². The number of thiazole rings is 1. The first-order valence-electron chi connectivity index (χ1n) is 10.8. The first-order chi connectivity index (χ1) is 17.9. The molecule has 0 spiro atoms. The second kappa shape index (κ2) is 11.7. The van der Waals surface area contributed by atoms with E-state index in [2.05, 4.69) is 36.3 Å². The van der Waals surface area contributed by atoms with Gasteiger partial charge in [0.25, 0.3) is 11.8 Å². The molecule has 0 aliphatic carbocycles. The maximum Gasteiger partial charge on any atom is 0.352 e. The van der Waals surface area contributed by atoms with Gasteiger partial charge in [-0.25, -0.2) is 14.5 Å². The number of fused-ring (bicyclic) bond motifs is 1. The Morgan fingerprint density at radius 2 is 2.24 bits per heavy atom. The van der Waals surface area contributed by atoms with Gasteiger partial charge in [0.05, 0.1) is 0 Å². The monoisotopic (exact) mass is 567 g/mol. The summed E-state index contributed by atoms with van der Waals surface area (Å²) in [5, 5.41) is 31.9. The number of carbonyl (C=O) groups is 4. The molecule has 4 rings (SSSR count). The maximum atomic E-state index is 13.0. The van der Waals surface area contributed by atoms with Crippen molar-refractivity contribution in [2.24, 2.45) is 5.16 Å². The molecule has 15 nitrogen and oxygen atoms in total. The van der Waals surface area contributed by atoms with E-state index < -0.39 is 29.2 Å². The topological polar surface area (TPSA) is 194 Å². The summed E-state index contributed by atoms with van der Waals surface area (Å²) in [5.41, 5.74) is 0.406. The molecular formula is C19H21N9O6S3. The summed E-state index contributed by atoms with van der Waals surface area (Å²) in [7, 11) is 1.25. The van der Waals surface area contributed by atoms with Crippen LogP contribution in [-0.2, 0) is 30.6 Å². The number of aromatic nitrogens is 5. The lowest BCUT2D eigenvalue weighted by molar-refractivity contribution is -0.150. The van der Waals surface area contributed by atoms with Crippen molar-refractivity contribution in [1.82, 2.24) is 35.4 Å². The minimum atomic E-state index is -1.23. The van der Waals surface area contributed by atoms with Gasteiger partial charge in [-0.05, 0) is 22.4 Å². The number of hydrogen-bond donors (Lipinski definition) is 3. The van der Waals surface area contributed by atoms with Crippen molar-refractivity contribution in [2.75, 3.05) is 23.9 Å². The third kappa shape index (κ3) is 5.44. The SMILES string of the molecule is CCCn1nnnc1SCC1=C(C(=O)O)N2C(=O)C(NC(=O)C(=NOC)c3csc(NC=O)n3)[C@@H]2SC1. The van der Waals surface area contributed by atoms with Gasteiger partial charge in [0.15, 0.2) is 10.8 Å². The number of aryl methyl sites for hydroxylation is 1. The lowest BCUT2D eigenvalue weighted by Crippen LogP contribution is -2.71. The quantitative estimate of drug-likeness (QED) is 0.102. The second-order valence-corrected chi connectivity index (χ2v) is 10.4. The van der Waals surface area contributed by atoms with E-state index in [1.54, 1.807) is 4.68 Å². The van der Waals surface area contributed by atoms with Crippen LogP contribution >= 0.6 is 34.9 Å². The summed E-state index contributed by atoms with van der Waals surface area (Å²) in [6.07, 6.45) is 1.29. The molecule has 1 unspecified atom stereocenters. The Kier molecular flexibility index (Phi) is 8.39. The minimum absolute atomic E-state index is 0.101. The van der Waals surface area contributed by atoms with E-state index in [1.807, 2.05) is 6.92 Å². The number of hydrogen-bond acceptors (Lipinski definition) is 13. The highest BCUT2D eigenvalue weighted by Crippen LogP contribution is 2.41. The van der Waals surface area contributed by atoms with Gasteiger partial charge in [-0.3, -0.25) is 19.3 Å². The summed E-state index contributed by atoms with van der Waals surface area (Å²) < 4.78 is 1.64. The average Bonchev–Trinajstić information content (AvgIpc) is 3.53. The van der Waals surface area contributed by atoms with Crippen molar-refractivity contribution in [1.29, 1.82) is 0 Å². The fourth-order valence-electron chi connectivity index (χ4n) is 3.60. The van der Waals surface area contributed by atoms with Gasteiger partial charge in [-0.15, -0.1) is 28.2 Å². The molecule has 2 atom stereocenters. The number of nitrogens with zero attached hydrogens (tertiary/aromatic N) is 7. The zero-order valence-electron chi connectivity index (χ0n) is 19.5. The Morgan fingerprint density at radius 3 is 2.95 bits per heavy atom. The normalized spacial score (nSPS) is 19.2. The van der Waals surface area contributed by atoms with Crippen LogP contribution in [0.5, 0.6) is 0 Å². The molecule has 37 heavy (non-hydrogen) atoms. The van der Waals surface area contributed by atoms with Crippen LogP contribution in [0.15, 0.2) is 27.0 Å². The largest absolute Gasteiger partial charge is 0.477 e. The van der Waals surface area contributed by atoms with Crippen LogP contribution in [0.1, 0.15) is 19.0 Å². The van der Waals surface area contributed by atoms with Crippen LogP contribution in [0.2, 0.25) is 0 Å². The number of oxime groups is 1. The van der Waals surface area contributed by atoms with Crippen molar-refractivity contribution in [2.45, 2.75) is 36.5 Å². The molecule has 0 radical (unpaired) electrons. The number of amides is 3. The lowest BCUT2D eigenvalue weighted by atomic mass is 10.0. The van der Waals surface area contributed by atoms with E-state index in [0.29, 0.717) is 29.4 Å². The molecule has 2 aromatic heterocycles. The zero-order chi connectivity index (χ0) is 26.5. The first-order valence-corrected chi connectivity index (χ1v) is 13.7. The Morgan fingerprint density at radius 1 is 1.43 bits per heavy atom. The van der Waals surface area contributed by atoms with Crippen molar-refractivity contribution in [3.63, 3.8) is 0 Å². The Bertz CT molecular complexity index is 1280. The first kappa shape index (κ1) is 26.6. The van der Waals surface area contributed by atoms with Gasteiger partial charge in [-0.2, -0.15) is 0 Å². The number of aliphatic carboxylic acids is 1. The molecule has 0 aromatic carbocycles. The highest BCUT2D eigenvalue weighted by molar-refractivity contribution is 8.01. The van der Waals surface area contributed by atoms with Crippen LogP contribution in [-0.4, -0.2) is 95.1 Å². The van der Waals surface area contributed by atoms with E-state index in [9.17, 15) is 24.3 Å². The van der Waals surface area contributed by atoms with Crippen molar-refractivity contribution in [3.05, 3.63) is 22.3 Å². The molecule has 1 fully saturated rings. The van der Waals surface area contributed by atoms with Gasteiger partial charge in [0, 0.05) is 23.4 Å². The number of rotatable bonds is 12. The standard InChI is InChI=1S/C19H21N9O6S3/c1-3-4-27-19(23-25-26-27)37-6-9-5-35-16-12(15(31)28(16)13(9)17(32)33)22-14(30)11(24-34-2)10-7-36-18(21-10)20-8-29/h7-8,12,16H,3-6H2,1-2H3,(H,22,30)(H,32,33)(H,20,21,29)/t12?,16-/m0/s1. The zero-order valence-corrected chi connectivity index (χ0v) is 21.9. The predicted molar refractivity (Wildman–Crippen MR) is 134 cm³/mol. The number of carboxylic acid groups (broad SMARTS) is 1. The summed E-state index contributed by atoms with van der Waals surface area (Å²) in [6.45, 7) is 2.63. The van der Waals surface area contributed by atoms with Crippen LogP contribution in [0.25, 0.3) is 0 Å². The van der Waals surface area contributed by atoms with Crippen molar-refractivity contribution >= 4 is 69.9 Å². The molecule has 4 heterocycles. The summed E-state index contributed by atoms with van der Waals surface area (Å²) in [5.74, 6) is -1.88. The molecule has 0 saturated carbocycles. The van der Waals surface area contributed by atoms with Gasteiger partial charge in [0.2, 0.25) is 11.6 Å². The summed E-state index contributed by atoms with van der Waals surface area (Å²) >= 11 is 3.72. The van der Waals surface area contributed by atoms with Gasteiger partial charge < -0.3 is 20.6 Å². The highest BCUT2D eigenvalue weighted by atomic mass is 32.2. The number of tetrazole rings is 1. The molecule has 2 aliphatic heterocycles. The Labute approximate surface area is 222 Å². The number of carbonyl (C=O) groups excluding carboxylic acids is 3. The summed E-state index contributed by atoms with van der Waals surface area (Å²) in [4.78, 5) is 58.7. The van der Waals surface area contributed by atoms with E-state index in [1.165, 1.54) is 40.9 Å². The predicted octanol–water partition coefficient (Wildman–Crippen LogP) is -0.0107. The van der Waals surface area contributed by atoms with Crippen LogP contribution < -0.4 is 10.6 Å². The highest BCUT2D eigenvalue weighted by Gasteiger charge is 2.54. The van der Waals surface area contributed by atoms with Crippen molar-refractivity contribution in [3.8, 4) is 0 Å². The Balaban J connectivity index is 1.47. The van der Waals surface area contributed by atoms with Crippen LogP contribution in [0, 0.1) is 0 Å². The van der Waals surface area contributed by atoms with Gasteiger partial charge in [0.1, 0.15) is 29.9 Å². The lowest BCUT2D eigenvalue weighted by Gasteiger charge is -2.49. The molecular weight excluding hydrogens is 546 g/mol. The number of anilines is 1. The number of carboxylic acids is 1. The number of nitrogens with one attached hydrogen (secondary N) is 2. The van der Waals surface area contributed by atoms with Gasteiger partial charge in [-0.1, -0.05) is 23.8 Å². The molecule has 3 amide bonds. The average molecular weight is 568 g/mol. The molecule has 2 aromatic rings. The molecule has 196 valence electrons. The molecule has 2 aliphatic rings. The third-order valence-electron chi connectivity index (χ3n) is 5.17. The van der Waals surface area contributed by atoms with Gasteiger partial charge >= 0.3 is 5.97 Å². The maximum absolute atomic E-state index is 13.0. The minimum Gasteiger partial charge on any atom is -0.477 e. The molecule has 1 saturated heterocycles. The summed E-state index contributed by atoms with van der Waals surface area (Å²) in [6, 6.07) is -0.967. The smallest absolute Gasteiger partial charge is 0.352 e. The van der Waals surface area contributed by atoms with E-state index in [4.69, 9.17) is 4.84 Å². The number of β-lactam (4-membered cyclic amide) rings is 1. The third-order valence-corrected chi connectivity index (χ3v) is 8.33. The van der Waals surface area contributed by atoms with E-state index >= 15 is 0 Å². The second-order valence-electron chi connectivity index (χ2n) is 7.51. The molecule has 0 bridgehead atoms.